The molecule has 1 fully saturated rings. The van der Waals surface area contributed by atoms with Gasteiger partial charge in [0.1, 0.15) is 11.8 Å². The van der Waals surface area contributed by atoms with Crippen LogP contribution in [0.2, 0.25) is 0 Å². The third-order valence-corrected chi connectivity index (χ3v) is 8.11. The maximum absolute atomic E-state index is 14.4. The number of hydrogen-bond acceptors (Lipinski definition) is 5. The Morgan fingerprint density at radius 3 is 2.33 bits per heavy atom. The number of methoxy groups -OCH3 is 3. The van der Waals surface area contributed by atoms with Gasteiger partial charge in [-0.2, -0.15) is 0 Å². The molecule has 1 unspecified atom stereocenters. The standard InChI is InChI=1S/C34H39N3O5/c1-40-29-18-10-7-12-23(29)22-37(31(38)20-24-21-35-28-17-9-8-15-26(24)28)32(34(39)36-25-13-5-4-6-14-25)27-16-11-19-30(41-2)33(27)42-3/h7-12,15-19,21,25,32,35H,4-6,13-14,20,22H2,1-3H3,(H,36,39). The highest BCUT2D eigenvalue weighted by Gasteiger charge is 2.36. The number of carbonyl (C=O) groups is 2. The molecule has 220 valence electrons. The molecule has 1 aliphatic rings. The van der Waals surface area contributed by atoms with E-state index in [1.54, 1.807) is 32.3 Å². The Kier molecular flexibility index (Phi) is 9.31. The predicted molar refractivity (Wildman–Crippen MR) is 163 cm³/mol. The number of amides is 2. The minimum atomic E-state index is -0.973. The van der Waals surface area contributed by atoms with Gasteiger partial charge in [-0.25, -0.2) is 0 Å². The van der Waals surface area contributed by atoms with Crippen molar-refractivity contribution in [3.63, 3.8) is 0 Å². The molecule has 8 heteroatoms. The lowest BCUT2D eigenvalue weighted by Crippen LogP contribution is -2.47. The molecule has 1 aliphatic carbocycles. The average molecular weight is 570 g/mol. The number of carbonyl (C=O) groups excluding carboxylic acids is 2. The summed E-state index contributed by atoms with van der Waals surface area (Å²) in [5, 5.41) is 4.25. The quantitative estimate of drug-likeness (QED) is 0.233. The lowest BCUT2D eigenvalue weighted by Gasteiger charge is -2.34. The van der Waals surface area contributed by atoms with Crippen molar-refractivity contribution < 1.29 is 23.8 Å². The van der Waals surface area contributed by atoms with Crippen molar-refractivity contribution in [2.75, 3.05) is 21.3 Å². The predicted octanol–water partition coefficient (Wildman–Crippen LogP) is 5.96. The number of nitrogens with one attached hydrogen (secondary N) is 2. The van der Waals surface area contributed by atoms with Gasteiger partial charge in [0, 0.05) is 34.3 Å². The fraction of sp³-hybridized carbons (Fsp3) is 0.353. The average Bonchev–Trinajstić information content (AvgIpc) is 3.43. The molecule has 1 heterocycles. The second kappa shape index (κ2) is 13.5. The minimum absolute atomic E-state index is 0.0576. The molecule has 8 nitrogen and oxygen atoms in total. The van der Waals surface area contributed by atoms with Crippen molar-refractivity contribution in [1.29, 1.82) is 0 Å². The number of para-hydroxylation sites is 3. The van der Waals surface area contributed by atoms with Crippen LogP contribution in [0.25, 0.3) is 10.9 Å². The van der Waals surface area contributed by atoms with Gasteiger partial charge in [0.25, 0.3) is 0 Å². The van der Waals surface area contributed by atoms with Gasteiger partial charge in [0.05, 0.1) is 34.3 Å². The Labute approximate surface area is 247 Å². The zero-order valence-corrected chi connectivity index (χ0v) is 24.5. The lowest BCUT2D eigenvalue weighted by molar-refractivity contribution is -0.141. The van der Waals surface area contributed by atoms with E-state index in [9.17, 15) is 9.59 Å². The van der Waals surface area contributed by atoms with Crippen LogP contribution in [0.1, 0.15) is 54.8 Å². The molecule has 0 bridgehead atoms. The monoisotopic (exact) mass is 569 g/mol. The van der Waals surface area contributed by atoms with E-state index >= 15 is 0 Å². The van der Waals surface area contributed by atoms with Crippen LogP contribution in [0.15, 0.2) is 72.9 Å². The van der Waals surface area contributed by atoms with E-state index in [1.165, 1.54) is 6.42 Å². The van der Waals surface area contributed by atoms with Gasteiger partial charge in [0.2, 0.25) is 11.8 Å². The van der Waals surface area contributed by atoms with Gasteiger partial charge >= 0.3 is 0 Å². The van der Waals surface area contributed by atoms with Crippen LogP contribution < -0.4 is 19.5 Å². The van der Waals surface area contributed by atoms with Crippen molar-refractivity contribution >= 4 is 22.7 Å². The highest BCUT2D eigenvalue weighted by Crippen LogP contribution is 2.39. The van der Waals surface area contributed by atoms with Gasteiger partial charge in [-0.3, -0.25) is 9.59 Å². The van der Waals surface area contributed by atoms with E-state index in [0.29, 0.717) is 22.8 Å². The summed E-state index contributed by atoms with van der Waals surface area (Å²) in [5.41, 5.74) is 3.18. The molecule has 0 aliphatic heterocycles. The topological polar surface area (TPSA) is 92.9 Å². The first-order chi connectivity index (χ1) is 20.5. The Hall–Kier alpha value is -4.46. The van der Waals surface area contributed by atoms with Crippen LogP contribution in [-0.2, 0) is 22.6 Å². The van der Waals surface area contributed by atoms with E-state index in [4.69, 9.17) is 14.2 Å². The summed E-state index contributed by atoms with van der Waals surface area (Å²) in [6.07, 6.45) is 7.13. The van der Waals surface area contributed by atoms with Crippen LogP contribution >= 0.6 is 0 Å². The highest BCUT2D eigenvalue weighted by molar-refractivity contribution is 5.93. The Morgan fingerprint density at radius 2 is 1.57 bits per heavy atom. The van der Waals surface area contributed by atoms with Crippen LogP contribution in [0.3, 0.4) is 0 Å². The van der Waals surface area contributed by atoms with Crippen LogP contribution in [-0.4, -0.2) is 49.1 Å². The van der Waals surface area contributed by atoms with Gasteiger partial charge in [-0.1, -0.05) is 67.8 Å². The summed E-state index contributed by atoms with van der Waals surface area (Å²) in [6.45, 7) is 0.161. The smallest absolute Gasteiger partial charge is 0.247 e. The van der Waals surface area contributed by atoms with Gasteiger partial charge in [-0.05, 0) is 36.6 Å². The molecule has 5 rings (SSSR count). The third kappa shape index (κ3) is 6.22. The number of ether oxygens (including phenoxy) is 3. The van der Waals surface area contributed by atoms with Crippen molar-refractivity contribution in [3.05, 3.63) is 89.6 Å². The van der Waals surface area contributed by atoms with Crippen molar-refractivity contribution in [3.8, 4) is 17.2 Å². The number of hydrogen-bond donors (Lipinski definition) is 2. The molecule has 0 radical (unpaired) electrons. The number of aromatic amines is 1. The largest absolute Gasteiger partial charge is 0.496 e. The molecule has 1 atom stereocenters. The lowest BCUT2D eigenvalue weighted by atomic mass is 9.94. The Bertz CT molecular complexity index is 1520. The molecule has 2 N–H and O–H groups in total. The minimum Gasteiger partial charge on any atom is -0.496 e. The molecule has 2 amide bonds. The summed E-state index contributed by atoms with van der Waals surface area (Å²) in [7, 11) is 4.72. The maximum Gasteiger partial charge on any atom is 0.247 e. The summed E-state index contributed by atoms with van der Waals surface area (Å²) in [6, 6.07) is 20.0. The van der Waals surface area contributed by atoms with Gasteiger partial charge in [-0.15, -0.1) is 0 Å². The fourth-order valence-electron chi connectivity index (χ4n) is 5.99. The van der Waals surface area contributed by atoms with Crippen LogP contribution in [0, 0.1) is 0 Å². The number of rotatable bonds is 11. The fourth-order valence-corrected chi connectivity index (χ4v) is 5.99. The SMILES string of the molecule is COc1ccccc1CN(C(=O)Cc1c[nH]c2ccccc12)C(C(=O)NC1CCCCC1)c1cccc(OC)c1OC. The molecule has 1 saturated carbocycles. The summed E-state index contributed by atoms with van der Waals surface area (Å²) in [4.78, 5) is 33.7. The van der Waals surface area contributed by atoms with Crippen molar-refractivity contribution in [2.24, 2.45) is 0 Å². The van der Waals surface area contributed by atoms with Crippen molar-refractivity contribution in [1.82, 2.24) is 15.2 Å². The first-order valence-corrected chi connectivity index (χ1v) is 14.5. The van der Waals surface area contributed by atoms with E-state index in [1.807, 2.05) is 66.9 Å². The Morgan fingerprint density at radius 1 is 0.857 bits per heavy atom. The Balaban J connectivity index is 1.61. The van der Waals surface area contributed by atoms with Crippen LogP contribution in [0.4, 0.5) is 0 Å². The van der Waals surface area contributed by atoms with E-state index in [-0.39, 0.29) is 30.8 Å². The van der Waals surface area contributed by atoms with E-state index in [2.05, 4.69) is 10.3 Å². The molecular formula is C34H39N3O5. The molecule has 42 heavy (non-hydrogen) atoms. The number of H-pyrrole nitrogens is 1. The number of benzene rings is 3. The number of fused-ring (bicyclic) bond motifs is 1. The van der Waals surface area contributed by atoms with Gasteiger partial charge in [0.15, 0.2) is 11.5 Å². The van der Waals surface area contributed by atoms with Gasteiger partial charge < -0.3 is 29.4 Å². The first kappa shape index (κ1) is 29.0. The second-order valence-electron chi connectivity index (χ2n) is 10.7. The molecule has 3 aromatic carbocycles. The zero-order chi connectivity index (χ0) is 29.5. The summed E-state index contributed by atoms with van der Waals surface area (Å²) < 4.78 is 17.1. The molecule has 1 aromatic heterocycles. The summed E-state index contributed by atoms with van der Waals surface area (Å²) >= 11 is 0. The van der Waals surface area contributed by atoms with E-state index in [0.717, 1.165) is 47.7 Å². The number of aromatic nitrogens is 1. The maximum atomic E-state index is 14.4. The second-order valence-corrected chi connectivity index (χ2v) is 10.7. The molecule has 0 spiro atoms. The molecule has 4 aromatic rings. The number of nitrogens with zero attached hydrogens (tertiary/aromatic N) is 1. The molecular weight excluding hydrogens is 530 g/mol. The zero-order valence-electron chi connectivity index (χ0n) is 24.5. The normalized spacial score (nSPS) is 14.3. The summed E-state index contributed by atoms with van der Waals surface area (Å²) in [5.74, 6) is 1.13. The highest BCUT2D eigenvalue weighted by atomic mass is 16.5. The first-order valence-electron chi connectivity index (χ1n) is 14.5. The molecule has 0 saturated heterocycles. The van der Waals surface area contributed by atoms with Crippen molar-refractivity contribution in [2.45, 2.75) is 57.2 Å². The van der Waals surface area contributed by atoms with E-state index < -0.39 is 6.04 Å². The third-order valence-electron chi connectivity index (χ3n) is 8.11. The van der Waals surface area contributed by atoms with Crippen LogP contribution in [0.5, 0.6) is 17.2 Å².